The zero-order chi connectivity index (χ0) is 13.0. The van der Waals surface area contributed by atoms with E-state index in [4.69, 9.17) is 0 Å². The summed E-state index contributed by atoms with van der Waals surface area (Å²) in [6.45, 7) is 0.550. The van der Waals surface area contributed by atoms with Crippen LogP contribution in [-0.4, -0.2) is 31.3 Å². The van der Waals surface area contributed by atoms with E-state index in [1.54, 1.807) is 0 Å². The van der Waals surface area contributed by atoms with E-state index in [9.17, 15) is 4.79 Å². The average molecular weight is 282 g/mol. The fourth-order valence-corrected chi connectivity index (χ4v) is 3.08. The van der Waals surface area contributed by atoms with Crippen molar-refractivity contribution in [1.82, 2.24) is 4.90 Å². The number of rotatable bonds is 4. The Kier molecular flexibility index (Phi) is 6.02. The lowest BCUT2D eigenvalue weighted by Gasteiger charge is -2.37. The highest BCUT2D eigenvalue weighted by atomic mass is 35.5. The maximum absolute atomic E-state index is 12.7. The Bertz CT molecular complexity index is 396. The van der Waals surface area contributed by atoms with Crippen LogP contribution in [0, 0.1) is 0 Å². The minimum atomic E-state index is -0.218. The van der Waals surface area contributed by atoms with Crippen LogP contribution in [-0.2, 0) is 10.2 Å². The second kappa shape index (κ2) is 7.06. The molecule has 0 aromatic heterocycles. The predicted molar refractivity (Wildman–Crippen MR) is 82.0 cm³/mol. The summed E-state index contributed by atoms with van der Waals surface area (Å²) in [5.41, 5.74) is 1.00. The molecule has 1 aliphatic rings. The lowest BCUT2D eigenvalue weighted by Crippen LogP contribution is -2.42. The van der Waals surface area contributed by atoms with Crippen LogP contribution >= 0.6 is 12.4 Å². The molecule has 2 rings (SSSR count). The third-order valence-electron chi connectivity index (χ3n) is 4.03. The number of hydrogen-bond donors (Lipinski definition) is 0. The van der Waals surface area contributed by atoms with Gasteiger partial charge in [0.15, 0.2) is 5.78 Å². The Balaban J connectivity index is 0.00000180. The lowest BCUT2D eigenvalue weighted by molar-refractivity contribution is -0.126. The van der Waals surface area contributed by atoms with Gasteiger partial charge in [0.25, 0.3) is 0 Å². The number of hydrogen-bond acceptors (Lipinski definition) is 2. The summed E-state index contributed by atoms with van der Waals surface area (Å²) in [4.78, 5) is 14.7. The molecule has 1 aromatic carbocycles. The molecule has 3 heteroatoms. The molecule has 0 unspecified atom stereocenters. The summed E-state index contributed by atoms with van der Waals surface area (Å²) < 4.78 is 0. The van der Waals surface area contributed by atoms with Gasteiger partial charge in [0, 0.05) is 0 Å². The minimum Gasteiger partial charge on any atom is -0.302 e. The van der Waals surface area contributed by atoms with Gasteiger partial charge in [-0.1, -0.05) is 49.6 Å². The SMILES string of the molecule is CN(C)CC(=O)C1(c2ccccc2)CCCCC1.Cl. The molecule has 0 N–H and O–H groups in total. The highest BCUT2D eigenvalue weighted by molar-refractivity contribution is 5.91. The van der Waals surface area contributed by atoms with Crippen molar-refractivity contribution in [3.63, 3.8) is 0 Å². The quantitative estimate of drug-likeness (QED) is 0.843. The highest BCUT2D eigenvalue weighted by Crippen LogP contribution is 2.40. The van der Waals surface area contributed by atoms with Crippen molar-refractivity contribution in [1.29, 1.82) is 0 Å². The molecular formula is C16H24ClNO. The van der Waals surface area contributed by atoms with Crippen molar-refractivity contribution in [2.45, 2.75) is 37.5 Å². The van der Waals surface area contributed by atoms with E-state index in [-0.39, 0.29) is 17.8 Å². The fraction of sp³-hybridized carbons (Fsp3) is 0.562. The first-order valence-corrected chi connectivity index (χ1v) is 6.89. The van der Waals surface area contributed by atoms with Gasteiger partial charge >= 0.3 is 0 Å². The number of carbonyl (C=O) groups is 1. The molecule has 1 saturated carbocycles. The number of Topliss-reactive ketones (excluding diaryl/α,β-unsaturated/α-hetero) is 1. The Morgan fingerprint density at radius 3 is 2.21 bits per heavy atom. The molecule has 19 heavy (non-hydrogen) atoms. The van der Waals surface area contributed by atoms with E-state index in [1.165, 1.54) is 24.8 Å². The molecule has 0 heterocycles. The highest BCUT2D eigenvalue weighted by Gasteiger charge is 2.40. The lowest BCUT2D eigenvalue weighted by atomic mass is 9.66. The molecule has 0 atom stereocenters. The summed E-state index contributed by atoms with van der Waals surface area (Å²) in [5.74, 6) is 0.387. The van der Waals surface area contributed by atoms with Gasteiger partial charge in [-0.05, 0) is 32.5 Å². The molecule has 0 aliphatic heterocycles. The molecule has 106 valence electrons. The smallest absolute Gasteiger partial charge is 0.157 e. The van der Waals surface area contributed by atoms with Gasteiger partial charge in [-0.2, -0.15) is 0 Å². The summed E-state index contributed by atoms with van der Waals surface area (Å²) in [6.07, 6.45) is 5.65. The number of ketones is 1. The van der Waals surface area contributed by atoms with Gasteiger partial charge in [-0.25, -0.2) is 0 Å². The van der Waals surface area contributed by atoms with Crippen molar-refractivity contribution in [2.75, 3.05) is 20.6 Å². The topological polar surface area (TPSA) is 20.3 Å². The molecule has 0 radical (unpaired) electrons. The van der Waals surface area contributed by atoms with E-state index in [2.05, 4.69) is 24.3 Å². The van der Waals surface area contributed by atoms with Crippen molar-refractivity contribution < 1.29 is 4.79 Å². The summed E-state index contributed by atoms with van der Waals surface area (Å²) >= 11 is 0. The maximum atomic E-state index is 12.7. The second-order valence-corrected chi connectivity index (χ2v) is 5.67. The van der Waals surface area contributed by atoms with Crippen LogP contribution in [0.25, 0.3) is 0 Å². The number of benzene rings is 1. The third kappa shape index (κ3) is 3.58. The largest absolute Gasteiger partial charge is 0.302 e. The third-order valence-corrected chi connectivity index (χ3v) is 4.03. The Morgan fingerprint density at radius 1 is 1.11 bits per heavy atom. The summed E-state index contributed by atoms with van der Waals surface area (Å²) in [5, 5.41) is 0. The van der Waals surface area contributed by atoms with Gasteiger partial charge in [0.05, 0.1) is 12.0 Å². The van der Waals surface area contributed by atoms with Crippen molar-refractivity contribution in [3.8, 4) is 0 Å². The number of nitrogens with zero attached hydrogens (tertiary/aromatic N) is 1. The molecule has 1 aromatic rings. The van der Waals surface area contributed by atoms with Gasteiger partial charge in [0.1, 0.15) is 0 Å². The monoisotopic (exact) mass is 281 g/mol. The van der Waals surface area contributed by atoms with E-state index in [0.29, 0.717) is 12.3 Å². The van der Waals surface area contributed by atoms with Crippen molar-refractivity contribution in [2.24, 2.45) is 0 Å². The van der Waals surface area contributed by atoms with E-state index in [0.717, 1.165) is 12.8 Å². The van der Waals surface area contributed by atoms with Crippen LogP contribution < -0.4 is 0 Å². The first-order chi connectivity index (χ1) is 8.65. The average Bonchev–Trinajstić information content (AvgIpc) is 2.40. The molecule has 0 spiro atoms. The van der Waals surface area contributed by atoms with Crippen LogP contribution in [0.2, 0.25) is 0 Å². The van der Waals surface area contributed by atoms with Crippen LogP contribution in [0.1, 0.15) is 37.7 Å². The minimum absolute atomic E-state index is 0. The van der Waals surface area contributed by atoms with Crippen LogP contribution in [0.4, 0.5) is 0 Å². The first kappa shape index (κ1) is 16.2. The summed E-state index contributed by atoms with van der Waals surface area (Å²) in [6, 6.07) is 10.4. The molecule has 0 saturated heterocycles. The predicted octanol–water partition coefficient (Wildman–Crippen LogP) is 3.44. The zero-order valence-corrected chi connectivity index (χ0v) is 12.7. The summed E-state index contributed by atoms with van der Waals surface area (Å²) in [7, 11) is 3.94. The maximum Gasteiger partial charge on any atom is 0.157 e. The molecule has 1 fully saturated rings. The Morgan fingerprint density at radius 2 is 1.68 bits per heavy atom. The molecule has 2 nitrogen and oxygen atoms in total. The van der Waals surface area contributed by atoms with Gasteiger partial charge in [0.2, 0.25) is 0 Å². The van der Waals surface area contributed by atoms with Gasteiger partial charge < -0.3 is 4.90 Å². The van der Waals surface area contributed by atoms with Gasteiger partial charge in [-0.15, -0.1) is 12.4 Å². The van der Waals surface area contributed by atoms with Crippen LogP contribution in [0.5, 0.6) is 0 Å². The number of halogens is 1. The Labute approximate surface area is 122 Å². The van der Waals surface area contributed by atoms with Crippen LogP contribution in [0.3, 0.4) is 0 Å². The second-order valence-electron chi connectivity index (χ2n) is 5.67. The van der Waals surface area contributed by atoms with Crippen molar-refractivity contribution in [3.05, 3.63) is 35.9 Å². The normalized spacial score (nSPS) is 17.8. The zero-order valence-electron chi connectivity index (χ0n) is 11.9. The first-order valence-electron chi connectivity index (χ1n) is 6.89. The van der Waals surface area contributed by atoms with Gasteiger partial charge in [-0.3, -0.25) is 4.79 Å². The van der Waals surface area contributed by atoms with Crippen LogP contribution in [0.15, 0.2) is 30.3 Å². The van der Waals surface area contributed by atoms with E-state index in [1.807, 2.05) is 25.1 Å². The van der Waals surface area contributed by atoms with Crippen molar-refractivity contribution >= 4 is 18.2 Å². The Hall–Kier alpha value is -0.860. The molecule has 0 bridgehead atoms. The molecule has 0 amide bonds. The molecule has 1 aliphatic carbocycles. The number of carbonyl (C=O) groups excluding carboxylic acids is 1. The number of likely N-dealkylation sites (N-methyl/N-ethyl adjacent to an activating group) is 1. The standard InChI is InChI=1S/C16H23NO.ClH/c1-17(2)13-15(18)16(11-7-4-8-12-16)14-9-5-3-6-10-14;/h3,5-6,9-10H,4,7-8,11-13H2,1-2H3;1H. The fourth-order valence-electron chi connectivity index (χ4n) is 3.08. The van der Waals surface area contributed by atoms with E-state index >= 15 is 0 Å². The van der Waals surface area contributed by atoms with E-state index < -0.39 is 0 Å². The molecular weight excluding hydrogens is 258 g/mol.